The number of ether oxygens (including phenoxy) is 6. The van der Waals surface area contributed by atoms with Gasteiger partial charge < -0.3 is 28.4 Å². The van der Waals surface area contributed by atoms with E-state index in [1.807, 2.05) is 77.1 Å². The van der Waals surface area contributed by atoms with Gasteiger partial charge in [-0.05, 0) is 168 Å². The Morgan fingerprint density at radius 3 is 1.71 bits per heavy atom. The van der Waals surface area contributed by atoms with Crippen LogP contribution in [0.1, 0.15) is 184 Å². The van der Waals surface area contributed by atoms with Crippen LogP contribution in [0.25, 0.3) is 6.08 Å². The van der Waals surface area contributed by atoms with E-state index >= 15 is 0 Å². The molecule has 0 saturated heterocycles. The highest BCUT2D eigenvalue weighted by molar-refractivity contribution is 5.91. The van der Waals surface area contributed by atoms with Gasteiger partial charge >= 0.3 is 23.9 Å². The number of azo groups is 1. The summed E-state index contributed by atoms with van der Waals surface area (Å²) >= 11 is 0. The first-order valence-electron chi connectivity index (χ1n) is 27.5. The van der Waals surface area contributed by atoms with Crippen LogP contribution < -0.4 is 14.2 Å². The van der Waals surface area contributed by atoms with Crippen molar-refractivity contribution in [1.82, 2.24) is 0 Å². The maximum absolute atomic E-state index is 13.3. The first kappa shape index (κ1) is 61.7. The van der Waals surface area contributed by atoms with Gasteiger partial charge in [0.1, 0.15) is 23.9 Å². The van der Waals surface area contributed by atoms with Crippen LogP contribution in [-0.4, -0.2) is 56.9 Å². The van der Waals surface area contributed by atoms with Crippen molar-refractivity contribution in [1.29, 1.82) is 5.26 Å². The summed E-state index contributed by atoms with van der Waals surface area (Å²) in [4.78, 5) is 51.0. The Hall–Kier alpha value is -6.81. The Morgan fingerprint density at radius 2 is 1.16 bits per heavy atom. The number of hydrogen-bond acceptors (Lipinski definition) is 13. The average molecular weight is 1040 g/mol. The van der Waals surface area contributed by atoms with Gasteiger partial charge in [0.15, 0.2) is 0 Å². The van der Waals surface area contributed by atoms with Gasteiger partial charge in [-0.2, -0.15) is 15.5 Å². The van der Waals surface area contributed by atoms with Crippen molar-refractivity contribution in [2.24, 2.45) is 21.1 Å². The van der Waals surface area contributed by atoms with E-state index < -0.39 is 22.8 Å². The fourth-order valence-corrected chi connectivity index (χ4v) is 8.46. The zero-order chi connectivity index (χ0) is 55.0. The van der Waals surface area contributed by atoms with E-state index in [0.29, 0.717) is 62.2 Å². The van der Waals surface area contributed by atoms with Crippen molar-refractivity contribution in [3.05, 3.63) is 119 Å². The maximum atomic E-state index is 13.3. The molecule has 0 aromatic heterocycles. The highest BCUT2D eigenvalue weighted by Gasteiger charge is 2.43. The predicted molar refractivity (Wildman–Crippen MR) is 298 cm³/mol. The number of nitrogens with zero attached hydrogens (tertiary/aromatic N) is 3. The van der Waals surface area contributed by atoms with Crippen LogP contribution in [0.5, 0.6) is 17.2 Å². The van der Waals surface area contributed by atoms with Gasteiger partial charge in [0.2, 0.25) is 0 Å². The summed E-state index contributed by atoms with van der Waals surface area (Å²) in [6.45, 7) is 15.8. The van der Waals surface area contributed by atoms with E-state index in [9.17, 15) is 19.2 Å². The zero-order valence-corrected chi connectivity index (χ0v) is 46.4. The molecule has 0 fully saturated rings. The number of esters is 4. The van der Waals surface area contributed by atoms with Crippen LogP contribution in [-0.2, 0) is 28.6 Å². The number of benzene rings is 4. The molecule has 0 bridgehead atoms. The smallest absolute Gasteiger partial charge is 0.343 e. The molecule has 76 heavy (non-hydrogen) atoms. The van der Waals surface area contributed by atoms with Gasteiger partial charge in [0, 0.05) is 6.08 Å². The van der Waals surface area contributed by atoms with E-state index in [-0.39, 0.29) is 25.0 Å². The third-order valence-electron chi connectivity index (χ3n) is 13.3. The lowest BCUT2D eigenvalue weighted by molar-refractivity contribution is -0.163. The van der Waals surface area contributed by atoms with Crippen LogP contribution in [0, 0.1) is 29.1 Å². The first-order valence-corrected chi connectivity index (χ1v) is 27.5. The summed E-state index contributed by atoms with van der Waals surface area (Å²) in [5, 5.41) is 17.3. The monoisotopic (exact) mass is 1040 g/mol. The van der Waals surface area contributed by atoms with Gasteiger partial charge in [-0.15, -0.1) is 0 Å². The Kier molecular flexibility index (Phi) is 27.6. The van der Waals surface area contributed by atoms with Gasteiger partial charge in [0.05, 0.1) is 66.7 Å². The minimum atomic E-state index is -0.818. The van der Waals surface area contributed by atoms with Gasteiger partial charge in [-0.3, -0.25) is 9.59 Å². The summed E-state index contributed by atoms with van der Waals surface area (Å²) in [5.41, 5.74) is 3.15. The van der Waals surface area contributed by atoms with E-state index in [1.165, 1.54) is 11.6 Å². The van der Waals surface area contributed by atoms with E-state index in [4.69, 9.17) is 33.7 Å². The SMILES string of the molecule is CCC(C)(CC(C)(C)C(=O)OCCCCCCCCCCOc1ccc(C(=O)Oc2ccc(/C=C/C(=O)OCCC#N)cc2C)cc1)C(=O)OCCCCCCCCOc1ccc(N=Nc2cccc(C(C)C)c2)cc1. The molecule has 0 amide bonds. The molecule has 0 aliphatic heterocycles. The molecule has 4 rings (SSSR count). The molecule has 0 aliphatic carbocycles. The molecular weight excluding hydrogens is 959 g/mol. The second kappa shape index (κ2) is 34.0. The van der Waals surface area contributed by atoms with E-state index in [1.54, 1.807) is 48.5 Å². The molecule has 4 aromatic rings. The summed E-state index contributed by atoms with van der Waals surface area (Å²) in [7, 11) is 0. The maximum Gasteiger partial charge on any atom is 0.343 e. The van der Waals surface area contributed by atoms with Gasteiger partial charge in [-0.1, -0.05) is 103 Å². The lowest BCUT2D eigenvalue weighted by Gasteiger charge is -2.33. The largest absolute Gasteiger partial charge is 0.494 e. The molecule has 0 radical (unpaired) electrons. The zero-order valence-electron chi connectivity index (χ0n) is 46.4. The molecule has 410 valence electrons. The number of unbranched alkanes of at least 4 members (excludes halogenated alkanes) is 12. The third kappa shape index (κ3) is 23.4. The number of carbonyl (C=O) groups excluding carboxylic acids is 4. The van der Waals surface area contributed by atoms with Crippen LogP contribution in [0.3, 0.4) is 0 Å². The first-order chi connectivity index (χ1) is 36.6. The van der Waals surface area contributed by atoms with Crippen molar-refractivity contribution in [2.45, 2.75) is 164 Å². The molecule has 4 aromatic carbocycles. The Morgan fingerprint density at radius 1 is 0.618 bits per heavy atom. The van der Waals surface area contributed by atoms with E-state index in [2.05, 4.69) is 36.2 Å². The summed E-state index contributed by atoms with van der Waals surface area (Å²) in [6, 6.07) is 29.9. The highest BCUT2D eigenvalue weighted by Crippen LogP contribution is 2.39. The summed E-state index contributed by atoms with van der Waals surface area (Å²) in [6.07, 6.45) is 18.2. The van der Waals surface area contributed by atoms with Crippen molar-refractivity contribution in [2.75, 3.05) is 33.0 Å². The molecule has 1 unspecified atom stereocenters. The minimum absolute atomic E-state index is 0.0472. The normalized spacial score (nSPS) is 12.3. The molecule has 13 heteroatoms. The van der Waals surface area contributed by atoms with Crippen LogP contribution in [0.15, 0.2) is 107 Å². The molecule has 13 nitrogen and oxygen atoms in total. The average Bonchev–Trinajstić information content (AvgIpc) is 3.41. The quantitative estimate of drug-likeness (QED) is 0.0106. The molecule has 1 atom stereocenters. The van der Waals surface area contributed by atoms with Crippen LogP contribution in [0.4, 0.5) is 11.4 Å². The number of aryl methyl sites for hydroxylation is 1. The molecular formula is C63H83N3O10. The van der Waals surface area contributed by atoms with Crippen LogP contribution >= 0.6 is 0 Å². The Labute approximate surface area is 452 Å². The van der Waals surface area contributed by atoms with Crippen molar-refractivity contribution >= 4 is 41.3 Å². The van der Waals surface area contributed by atoms with Crippen molar-refractivity contribution < 1.29 is 47.6 Å². The number of carbonyl (C=O) groups is 4. The van der Waals surface area contributed by atoms with Crippen molar-refractivity contribution in [3.8, 4) is 23.3 Å². The topological polar surface area (TPSA) is 172 Å². The van der Waals surface area contributed by atoms with Gasteiger partial charge in [-0.25, -0.2) is 9.59 Å². The number of hydrogen-bond donors (Lipinski definition) is 0. The fraction of sp³-hybridized carbons (Fsp3) is 0.508. The number of rotatable bonds is 36. The molecule has 0 spiro atoms. The van der Waals surface area contributed by atoms with Crippen molar-refractivity contribution in [3.63, 3.8) is 0 Å². The Bertz CT molecular complexity index is 2490. The lowest BCUT2D eigenvalue weighted by atomic mass is 9.72. The summed E-state index contributed by atoms with van der Waals surface area (Å²) in [5.74, 6) is 0.829. The molecule has 0 aliphatic rings. The number of nitriles is 1. The summed E-state index contributed by atoms with van der Waals surface area (Å²) < 4.78 is 33.9. The minimum Gasteiger partial charge on any atom is -0.494 e. The molecule has 0 saturated carbocycles. The predicted octanol–water partition coefficient (Wildman–Crippen LogP) is 16.1. The van der Waals surface area contributed by atoms with Crippen LogP contribution in [0.2, 0.25) is 0 Å². The molecule has 0 heterocycles. The second-order valence-corrected chi connectivity index (χ2v) is 20.7. The van der Waals surface area contributed by atoms with E-state index in [0.717, 1.165) is 118 Å². The highest BCUT2D eigenvalue weighted by atomic mass is 16.5. The Balaban J connectivity index is 0.968. The lowest BCUT2D eigenvalue weighted by Crippen LogP contribution is -2.38. The fourth-order valence-electron chi connectivity index (χ4n) is 8.46. The second-order valence-electron chi connectivity index (χ2n) is 20.7. The standard InChI is InChI=1S/C63H83N3O10/c1-8-63(7,61(70)75-43-22-18-14-13-16-20-41-72-56-35-31-53(32-36-56)65-66-54-26-23-25-52(46-54)48(2)3)47-62(5,6)60(69)74-42-21-17-12-10-9-11-15-19-40-71-55-33-29-51(30-34-55)59(68)76-57-37-27-50(45-49(57)4)28-38-58(67)73-44-24-39-64/h23,25-38,45-46,48H,8-22,24,40-44,47H2,1-7H3/b38-28+,66-65?. The molecule has 0 N–H and O–H groups in total. The third-order valence-corrected chi connectivity index (χ3v) is 13.3. The van der Waals surface area contributed by atoms with Gasteiger partial charge in [0.25, 0.3) is 0 Å².